The standard InChI is InChI=1S/C27H29F3N4O3/c1-17-4-3-5-20(12-17)33-25(35)11-8-18-6-9-19(10-7-18)34-26-21-13-23(36-2)24(37-15-27(28,29)30)14-22(21)31-16-32-26/h6-11,13-14,16-17,20H,3-5,12,15H2,1-2H3,(H,33,35)(H,31,32,34). The molecule has 2 aromatic carbocycles. The molecule has 1 aliphatic rings. The molecule has 1 aromatic heterocycles. The number of anilines is 2. The summed E-state index contributed by atoms with van der Waals surface area (Å²) in [6.45, 7) is 0.780. The lowest BCUT2D eigenvalue weighted by Crippen LogP contribution is -2.36. The van der Waals surface area contributed by atoms with Gasteiger partial charge in [0.05, 0.1) is 12.6 Å². The summed E-state index contributed by atoms with van der Waals surface area (Å²) in [7, 11) is 1.35. The SMILES string of the molecule is COc1cc2c(Nc3ccc(C=CC(=O)NC4CCCC(C)C4)cc3)ncnc2cc1OCC(F)(F)F. The third-order valence-corrected chi connectivity index (χ3v) is 6.20. The van der Waals surface area contributed by atoms with Crippen molar-refractivity contribution in [3.8, 4) is 11.5 Å². The Labute approximate surface area is 213 Å². The zero-order chi connectivity index (χ0) is 26.4. The van der Waals surface area contributed by atoms with E-state index in [1.165, 1.54) is 32.0 Å². The zero-order valence-electron chi connectivity index (χ0n) is 20.6. The molecule has 37 heavy (non-hydrogen) atoms. The summed E-state index contributed by atoms with van der Waals surface area (Å²) in [6.07, 6.45) is 4.56. The molecule has 1 fully saturated rings. The fourth-order valence-corrected chi connectivity index (χ4v) is 4.40. The largest absolute Gasteiger partial charge is 0.493 e. The van der Waals surface area contributed by atoms with E-state index in [1.807, 2.05) is 24.3 Å². The fraction of sp³-hybridized carbons (Fsp3) is 0.370. The van der Waals surface area contributed by atoms with Crippen LogP contribution in [0.5, 0.6) is 11.5 Å². The number of fused-ring (bicyclic) bond motifs is 1. The first-order valence-electron chi connectivity index (χ1n) is 12.1. The van der Waals surface area contributed by atoms with Crippen molar-refractivity contribution in [1.29, 1.82) is 0 Å². The molecule has 10 heteroatoms. The summed E-state index contributed by atoms with van der Waals surface area (Å²) in [5.74, 6) is 1.07. The normalized spacial score (nSPS) is 18.1. The summed E-state index contributed by atoms with van der Waals surface area (Å²) in [4.78, 5) is 20.7. The van der Waals surface area contributed by atoms with Crippen molar-refractivity contribution in [2.45, 2.75) is 44.8 Å². The predicted molar refractivity (Wildman–Crippen MR) is 136 cm³/mol. The summed E-state index contributed by atoms with van der Waals surface area (Å²) in [5, 5.41) is 6.83. The molecular weight excluding hydrogens is 485 g/mol. The molecular formula is C27H29F3N4O3. The van der Waals surface area contributed by atoms with E-state index >= 15 is 0 Å². The lowest BCUT2D eigenvalue weighted by molar-refractivity contribution is -0.153. The van der Waals surface area contributed by atoms with Gasteiger partial charge in [0.15, 0.2) is 18.1 Å². The molecule has 0 bridgehead atoms. The van der Waals surface area contributed by atoms with Gasteiger partial charge in [-0.1, -0.05) is 31.9 Å². The van der Waals surface area contributed by atoms with Crippen LogP contribution >= 0.6 is 0 Å². The number of ether oxygens (including phenoxy) is 2. The molecule has 2 atom stereocenters. The number of alkyl halides is 3. The Hall–Kier alpha value is -3.82. The summed E-state index contributed by atoms with van der Waals surface area (Å²) in [5.41, 5.74) is 1.99. The number of hydrogen-bond donors (Lipinski definition) is 2. The Morgan fingerprint density at radius 1 is 1.14 bits per heavy atom. The van der Waals surface area contributed by atoms with Gasteiger partial charge >= 0.3 is 6.18 Å². The summed E-state index contributed by atoms with van der Waals surface area (Å²) < 4.78 is 47.9. The number of aromatic nitrogens is 2. The first-order chi connectivity index (χ1) is 17.7. The quantitative estimate of drug-likeness (QED) is 0.357. The van der Waals surface area contributed by atoms with Gasteiger partial charge in [0.2, 0.25) is 5.91 Å². The molecule has 196 valence electrons. The molecule has 0 aliphatic heterocycles. The maximum Gasteiger partial charge on any atom is 0.422 e. The van der Waals surface area contributed by atoms with E-state index in [0.717, 1.165) is 30.5 Å². The number of carbonyl (C=O) groups is 1. The molecule has 1 amide bonds. The highest BCUT2D eigenvalue weighted by molar-refractivity contribution is 5.93. The minimum atomic E-state index is -4.47. The minimum Gasteiger partial charge on any atom is -0.493 e. The number of nitrogens with zero attached hydrogens (tertiary/aromatic N) is 2. The van der Waals surface area contributed by atoms with Gasteiger partial charge in [-0.2, -0.15) is 13.2 Å². The van der Waals surface area contributed by atoms with Crippen LogP contribution in [0.4, 0.5) is 24.7 Å². The van der Waals surface area contributed by atoms with Crippen molar-refractivity contribution in [3.63, 3.8) is 0 Å². The molecule has 4 rings (SSSR count). The topological polar surface area (TPSA) is 85.4 Å². The van der Waals surface area contributed by atoms with Crippen molar-refractivity contribution in [3.05, 3.63) is 54.4 Å². The highest BCUT2D eigenvalue weighted by Crippen LogP contribution is 2.35. The second-order valence-electron chi connectivity index (χ2n) is 9.20. The van der Waals surface area contributed by atoms with Gasteiger partial charge in [0, 0.05) is 29.3 Å². The van der Waals surface area contributed by atoms with Crippen LogP contribution < -0.4 is 20.1 Å². The average Bonchev–Trinajstić information content (AvgIpc) is 2.86. The number of carbonyl (C=O) groups excluding carboxylic acids is 1. The highest BCUT2D eigenvalue weighted by Gasteiger charge is 2.29. The Balaban J connectivity index is 1.43. The molecule has 0 radical (unpaired) electrons. The maximum absolute atomic E-state index is 12.6. The van der Waals surface area contributed by atoms with E-state index < -0.39 is 12.8 Å². The lowest BCUT2D eigenvalue weighted by atomic mass is 9.87. The van der Waals surface area contributed by atoms with Crippen LogP contribution in [0.3, 0.4) is 0 Å². The maximum atomic E-state index is 12.6. The van der Waals surface area contributed by atoms with Gasteiger partial charge in [0.25, 0.3) is 0 Å². The van der Waals surface area contributed by atoms with Crippen LogP contribution in [0.2, 0.25) is 0 Å². The number of benzene rings is 2. The fourth-order valence-electron chi connectivity index (χ4n) is 4.40. The van der Waals surface area contributed by atoms with Crippen LogP contribution in [0, 0.1) is 5.92 Å². The smallest absolute Gasteiger partial charge is 0.422 e. The van der Waals surface area contributed by atoms with E-state index in [1.54, 1.807) is 12.2 Å². The van der Waals surface area contributed by atoms with Gasteiger partial charge in [-0.15, -0.1) is 0 Å². The van der Waals surface area contributed by atoms with Crippen LogP contribution in [-0.4, -0.2) is 41.8 Å². The Morgan fingerprint density at radius 2 is 1.92 bits per heavy atom. The summed E-state index contributed by atoms with van der Waals surface area (Å²) >= 11 is 0. The highest BCUT2D eigenvalue weighted by atomic mass is 19.4. The number of amides is 1. The Bertz CT molecular complexity index is 1260. The molecule has 1 aliphatic carbocycles. The van der Waals surface area contributed by atoms with Gasteiger partial charge in [0.1, 0.15) is 12.1 Å². The Morgan fingerprint density at radius 3 is 2.62 bits per heavy atom. The van der Waals surface area contributed by atoms with E-state index in [4.69, 9.17) is 9.47 Å². The molecule has 1 saturated carbocycles. The number of nitrogens with one attached hydrogen (secondary N) is 2. The van der Waals surface area contributed by atoms with Crippen molar-refractivity contribution in [2.75, 3.05) is 19.0 Å². The van der Waals surface area contributed by atoms with Crippen LogP contribution in [0.1, 0.15) is 38.2 Å². The molecule has 3 aromatic rings. The molecule has 1 heterocycles. The van der Waals surface area contributed by atoms with E-state index in [-0.39, 0.29) is 23.4 Å². The van der Waals surface area contributed by atoms with E-state index in [9.17, 15) is 18.0 Å². The third-order valence-electron chi connectivity index (χ3n) is 6.20. The second-order valence-corrected chi connectivity index (χ2v) is 9.20. The number of rotatable bonds is 8. The van der Waals surface area contributed by atoms with Crippen molar-refractivity contribution in [1.82, 2.24) is 15.3 Å². The van der Waals surface area contributed by atoms with Gasteiger partial charge in [-0.05, 0) is 48.6 Å². The van der Waals surface area contributed by atoms with Crippen molar-refractivity contribution in [2.24, 2.45) is 5.92 Å². The van der Waals surface area contributed by atoms with Crippen LogP contribution in [0.15, 0.2) is 48.8 Å². The van der Waals surface area contributed by atoms with Crippen LogP contribution in [0.25, 0.3) is 17.0 Å². The van der Waals surface area contributed by atoms with Gasteiger partial charge in [-0.3, -0.25) is 4.79 Å². The van der Waals surface area contributed by atoms with Gasteiger partial charge in [-0.25, -0.2) is 9.97 Å². The monoisotopic (exact) mass is 514 g/mol. The molecule has 2 unspecified atom stereocenters. The van der Waals surface area contributed by atoms with Crippen molar-refractivity contribution >= 4 is 34.4 Å². The average molecular weight is 515 g/mol. The van der Waals surface area contributed by atoms with Crippen LogP contribution in [-0.2, 0) is 4.79 Å². The van der Waals surface area contributed by atoms with E-state index in [2.05, 4.69) is 27.5 Å². The van der Waals surface area contributed by atoms with Crippen molar-refractivity contribution < 1.29 is 27.4 Å². The van der Waals surface area contributed by atoms with Gasteiger partial charge < -0.3 is 20.1 Å². The summed E-state index contributed by atoms with van der Waals surface area (Å²) in [6, 6.07) is 10.6. The molecule has 7 nitrogen and oxygen atoms in total. The zero-order valence-corrected chi connectivity index (χ0v) is 20.6. The lowest BCUT2D eigenvalue weighted by Gasteiger charge is -2.26. The Kier molecular flexibility index (Phi) is 8.15. The second kappa shape index (κ2) is 11.5. The number of methoxy groups -OCH3 is 1. The first-order valence-corrected chi connectivity index (χ1v) is 12.1. The number of halogens is 3. The predicted octanol–water partition coefficient (Wildman–Crippen LogP) is 6.03. The minimum absolute atomic E-state index is 0.0600. The molecule has 0 spiro atoms. The molecule has 0 saturated heterocycles. The third kappa shape index (κ3) is 7.34. The van der Waals surface area contributed by atoms with E-state index in [0.29, 0.717) is 22.6 Å². The molecule has 2 N–H and O–H groups in total. The number of hydrogen-bond acceptors (Lipinski definition) is 6. The first kappa shape index (κ1) is 26.2.